The van der Waals surface area contributed by atoms with E-state index in [1.54, 1.807) is 0 Å². The van der Waals surface area contributed by atoms with Crippen LogP contribution in [0.15, 0.2) is 48.6 Å². The first kappa shape index (κ1) is 10.8. The summed E-state index contributed by atoms with van der Waals surface area (Å²) in [5.74, 6) is 0. The molecule has 0 aromatic heterocycles. The second-order valence-corrected chi connectivity index (χ2v) is 6.35. The van der Waals surface area contributed by atoms with Crippen molar-refractivity contribution in [2.45, 2.75) is 11.2 Å². The van der Waals surface area contributed by atoms with Gasteiger partial charge in [0.15, 0.2) is 0 Å². The number of alkyl halides is 1. The molecule has 0 amide bonds. The minimum absolute atomic E-state index is 0.0434. The van der Waals surface area contributed by atoms with Gasteiger partial charge in [-0.3, -0.25) is 0 Å². The van der Waals surface area contributed by atoms with Crippen LogP contribution in [0.5, 0.6) is 0 Å². The summed E-state index contributed by atoms with van der Waals surface area (Å²) in [7, 11) is 0. The van der Waals surface area contributed by atoms with Crippen molar-refractivity contribution in [2.24, 2.45) is 0 Å². The summed E-state index contributed by atoms with van der Waals surface area (Å²) in [6, 6.07) is 13.0. The Morgan fingerprint density at radius 3 is 1.82 bits per heavy atom. The van der Waals surface area contributed by atoms with Gasteiger partial charge in [0.25, 0.3) is 0 Å². The fraction of sp³-hybridized carbons (Fsp3) is 0.125. The molecule has 1 aliphatic carbocycles. The number of benzene rings is 2. The summed E-state index contributed by atoms with van der Waals surface area (Å²) in [5, 5.41) is 2.59. The Morgan fingerprint density at radius 1 is 0.882 bits per heavy atom. The van der Waals surface area contributed by atoms with Crippen LogP contribution in [0.4, 0.5) is 0 Å². The molecule has 3 rings (SSSR count). The van der Waals surface area contributed by atoms with E-state index >= 15 is 0 Å². The van der Waals surface area contributed by atoms with Gasteiger partial charge in [-0.1, -0.05) is 64.5 Å². The van der Waals surface area contributed by atoms with Gasteiger partial charge in [-0.05, 0) is 41.0 Å². The van der Waals surface area contributed by atoms with Crippen LogP contribution in [0.1, 0.15) is 18.1 Å². The molecule has 0 atom stereocenters. The Kier molecular flexibility index (Phi) is 2.44. The van der Waals surface area contributed by atoms with E-state index in [0.29, 0.717) is 0 Å². The predicted octanol–water partition coefficient (Wildman–Crippen LogP) is 5.03. The molecule has 0 radical (unpaired) electrons. The molecule has 1 heteroatoms. The lowest BCUT2D eigenvalue weighted by Crippen LogP contribution is -2.04. The lowest BCUT2D eigenvalue weighted by Gasteiger charge is -2.09. The maximum atomic E-state index is 3.68. The first-order chi connectivity index (χ1) is 8.14. The standard InChI is InChI=1S/C16H13Br/c1-16(17)8-6-14-10-12-4-2-3-5-13(12)11-15(14)7-9-16/h2-11H,1H3. The highest BCUT2D eigenvalue weighted by Gasteiger charge is 2.14. The third-order valence-electron chi connectivity index (χ3n) is 3.13. The van der Waals surface area contributed by atoms with Crippen LogP contribution in [0.25, 0.3) is 22.9 Å². The molecule has 17 heavy (non-hydrogen) atoms. The maximum absolute atomic E-state index is 3.68. The molecule has 0 N–H and O–H groups in total. The molecule has 0 spiro atoms. The topological polar surface area (TPSA) is 0 Å². The second kappa shape index (κ2) is 3.85. The van der Waals surface area contributed by atoms with Gasteiger partial charge in [-0.15, -0.1) is 0 Å². The lowest BCUT2D eigenvalue weighted by atomic mass is 10.0. The van der Waals surface area contributed by atoms with Crippen molar-refractivity contribution in [2.75, 3.05) is 0 Å². The smallest absolute Gasteiger partial charge is 0.0594 e. The van der Waals surface area contributed by atoms with E-state index in [1.165, 1.54) is 21.9 Å². The highest BCUT2D eigenvalue weighted by Crippen LogP contribution is 2.30. The van der Waals surface area contributed by atoms with Crippen LogP contribution in [0, 0.1) is 0 Å². The molecule has 0 fully saturated rings. The number of fused-ring (bicyclic) bond motifs is 2. The lowest BCUT2D eigenvalue weighted by molar-refractivity contribution is 1.05. The van der Waals surface area contributed by atoms with Gasteiger partial charge in [0, 0.05) is 0 Å². The summed E-state index contributed by atoms with van der Waals surface area (Å²) < 4.78 is -0.0434. The maximum Gasteiger partial charge on any atom is 0.0594 e. The van der Waals surface area contributed by atoms with Crippen LogP contribution >= 0.6 is 15.9 Å². The summed E-state index contributed by atoms with van der Waals surface area (Å²) in [6.07, 6.45) is 8.75. The first-order valence-corrected chi connectivity index (χ1v) is 6.54. The Hall–Kier alpha value is -1.34. The fourth-order valence-electron chi connectivity index (χ4n) is 2.13. The largest absolute Gasteiger partial charge is 0.0765 e. The van der Waals surface area contributed by atoms with Crippen molar-refractivity contribution in [3.05, 3.63) is 59.7 Å². The molecule has 0 saturated carbocycles. The van der Waals surface area contributed by atoms with E-state index in [9.17, 15) is 0 Å². The molecule has 2 aromatic carbocycles. The average molecular weight is 285 g/mol. The molecule has 0 nitrogen and oxygen atoms in total. The second-order valence-electron chi connectivity index (χ2n) is 4.65. The Balaban J connectivity index is 2.26. The zero-order chi connectivity index (χ0) is 11.9. The van der Waals surface area contributed by atoms with Crippen molar-refractivity contribution >= 4 is 38.9 Å². The highest BCUT2D eigenvalue weighted by molar-refractivity contribution is 9.10. The number of hydrogen-bond acceptors (Lipinski definition) is 0. The molecule has 2 aromatic rings. The van der Waals surface area contributed by atoms with E-state index in [0.717, 1.165) is 0 Å². The monoisotopic (exact) mass is 284 g/mol. The average Bonchev–Trinajstić information content (AvgIpc) is 2.47. The number of rotatable bonds is 0. The minimum Gasteiger partial charge on any atom is -0.0765 e. The van der Waals surface area contributed by atoms with Crippen LogP contribution < -0.4 is 0 Å². The van der Waals surface area contributed by atoms with Gasteiger partial charge in [0.2, 0.25) is 0 Å². The van der Waals surface area contributed by atoms with Crippen LogP contribution in [0.2, 0.25) is 0 Å². The quantitative estimate of drug-likeness (QED) is 0.595. The Morgan fingerprint density at radius 2 is 1.35 bits per heavy atom. The molecule has 84 valence electrons. The van der Waals surface area contributed by atoms with E-state index < -0.39 is 0 Å². The summed E-state index contributed by atoms with van der Waals surface area (Å²) in [4.78, 5) is 0. The van der Waals surface area contributed by atoms with Gasteiger partial charge in [0.05, 0.1) is 4.32 Å². The van der Waals surface area contributed by atoms with Crippen molar-refractivity contribution < 1.29 is 0 Å². The SMILES string of the molecule is CC1(Br)C=Cc2cc3ccccc3cc2C=C1. The van der Waals surface area contributed by atoms with Crippen LogP contribution in [0.3, 0.4) is 0 Å². The van der Waals surface area contributed by atoms with Crippen LogP contribution in [-0.4, -0.2) is 4.32 Å². The van der Waals surface area contributed by atoms with E-state index in [2.05, 4.69) is 83.6 Å². The van der Waals surface area contributed by atoms with Crippen LogP contribution in [-0.2, 0) is 0 Å². The van der Waals surface area contributed by atoms with Gasteiger partial charge in [-0.25, -0.2) is 0 Å². The third kappa shape index (κ3) is 2.07. The molecule has 0 aliphatic heterocycles. The van der Waals surface area contributed by atoms with Crippen molar-refractivity contribution in [1.82, 2.24) is 0 Å². The molecular formula is C16H13Br. The normalized spacial score (nSPS) is 16.8. The molecule has 0 heterocycles. The molecule has 0 saturated heterocycles. The van der Waals surface area contributed by atoms with Gasteiger partial charge in [-0.2, -0.15) is 0 Å². The number of hydrogen-bond donors (Lipinski definition) is 0. The zero-order valence-electron chi connectivity index (χ0n) is 9.65. The summed E-state index contributed by atoms with van der Waals surface area (Å²) in [5.41, 5.74) is 2.56. The minimum atomic E-state index is -0.0434. The van der Waals surface area contributed by atoms with Gasteiger partial charge in [0.1, 0.15) is 0 Å². The molecular weight excluding hydrogens is 272 g/mol. The van der Waals surface area contributed by atoms with E-state index in [4.69, 9.17) is 0 Å². The third-order valence-corrected chi connectivity index (χ3v) is 3.66. The molecule has 0 bridgehead atoms. The number of halogens is 1. The van der Waals surface area contributed by atoms with Crippen molar-refractivity contribution in [3.63, 3.8) is 0 Å². The molecule has 1 aliphatic rings. The summed E-state index contributed by atoms with van der Waals surface area (Å²) in [6.45, 7) is 2.14. The molecule has 0 unspecified atom stereocenters. The first-order valence-electron chi connectivity index (χ1n) is 5.74. The van der Waals surface area contributed by atoms with Gasteiger partial charge < -0.3 is 0 Å². The Bertz CT molecular complexity index is 579. The van der Waals surface area contributed by atoms with Crippen molar-refractivity contribution in [3.8, 4) is 0 Å². The highest BCUT2D eigenvalue weighted by atomic mass is 79.9. The zero-order valence-corrected chi connectivity index (χ0v) is 11.2. The fourth-order valence-corrected chi connectivity index (χ4v) is 2.39. The Labute approximate surface area is 110 Å². The predicted molar refractivity (Wildman–Crippen MR) is 79.3 cm³/mol. The van der Waals surface area contributed by atoms with Crippen molar-refractivity contribution in [1.29, 1.82) is 0 Å². The number of allylic oxidation sites excluding steroid dienone is 2. The van der Waals surface area contributed by atoms with E-state index in [-0.39, 0.29) is 4.32 Å². The van der Waals surface area contributed by atoms with E-state index in [1.807, 2.05) is 0 Å². The summed E-state index contributed by atoms with van der Waals surface area (Å²) >= 11 is 3.68. The van der Waals surface area contributed by atoms with Gasteiger partial charge >= 0.3 is 0 Å².